The van der Waals surface area contributed by atoms with Gasteiger partial charge in [0.15, 0.2) is 0 Å². The van der Waals surface area contributed by atoms with Crippen LogP contribution in [0.3, 0.4) is 0 Å². The van der Waals surface area contributed by atoms with Crippen LogP contribution in [0.5, 0.6) is 0 Å². The molecule has 3 aromatic rings. The quantitative estimate of drug-likeness (QED) is 0.558. The Labute approximate surface area is 158 Å². The topological polar surface area (TPSA) is 56.9 Å². The van der Waals surface area contributed by atoms with Crippen LogP contribution in [0, 0.1) is 11.3 Å². The lowest BCUT2D eigenvalue weighted by atomic mass is 9.72. The molecule has 27 heavy (non-hydrogen) atoms. The number of carbonyl (C=O) groups is 1. The van der Waals surface area contributed by atoms with Crippen molar-refractivity contribution in [2.24, 2.45) is 11.3 Å². The van der Waals surface area contributed by atoms with Crippen LogP contribution in [0.4, 0.5) is 11.4 Å². The van der Waals surface area contributed by atoms with E-state index < -0.39 is 0 Å². The molecule has 2 heterocycles. The molecule has 1 aromatic heterocycles. The van der Waals surface area contributed by atoms with Crippen LogP contribution < -0.4 is 10.6 Å². The van der Waals surface area contributed by atoms with Crippen LogP contribution in [-0.2, 0) is 4.79 Å². The zero-order chi connectivity index (χ0) is 18.6. The minimum absolute atomic E-state index is 0.118. The van der Waals surface area contributed by atoms with Crippen molar-refractivity contribution in [3.8, 4) is 0 Å². The Morgan fingerprint density at radius 1 is 1.00 bits per heavy atom. The second kappa shape index (κ2) is 5.74. The molecule has 3 N–H and O–H groups in total. The first-order valence-corrected chi connectivity index (χ1v) is 9.46. The number of aromatic amines is 1. The largest absolute Gasteiger partial charge is 0.375 e. The highest BCUT2D eigenvalue weighted by atomic mass is 16.1. The number of anilines is 2. The van der Waals surface area contributed by atoms with E-state index in [2.05, 4.69) is 59.8 Å². The van der Waals surface area contributed by atoms with E-state index in [1.165, 1.54) is 0 Å². The number of carbonyl (C=O) groups excluding carboxylic acids is 1. The van der Waals surface area contributed by atoms with Crippen molar-refractivity contribution in [1.29, 1.82) is 0 Å². The fourth-order valence-corrected chi connectivity index (χ4v) is 4.51. The fraction of sp³-hybridized carbons (Fsp3) is 0.261. The molecule has 0 bridgehead atoms. The van der Waals surface area contributed by atoms with Gasteiger partial charge in [0.05, 0.1) is 23.3 Å². The smallest absolute Gasteiger partial charge is 0.145 e. The number of hydrogen-bond donors (Lipinski definition) is 3. The minimum Gasteiger partial charge on any atom is -0.375 e. The van der Waals surface area contributed by atoms with Gasteiger partial charge in [0.25, 0.3) is 0 Å². The first-order chi connectivity index (χ1) is 13.0. The number of ketones is 1. The highest BCUT2D eigenvalue weighted by Gasteiger charge is 2.42. The number of benzene rings is 2. The third kappa shape index (κ3) is 2.64. The molecule has 2 aromatic carbocycles. The number of hydrogen-bond acceptors (Lipinski definition) is 3. The van der Waals surface area contributed by atoms with Crippen LogP contribution in [0.2, 0.25) is 0 Å². The molecule has 2 aliphatic rings. The van der Waals surface area contributed by atoms with Crippen molar-refractivity contribution in [3.05, 3.63) is 72.1 Å². The molecule has 4 heteroatoms. The summed E-state index contributed by atoms with van der Waals surface area (Å²) in [5.41, 5.74) is 5.13. The summed E-state index contributed by atoms with van der Waals surface area (Å²) < 4.78 is 0. The van der Waals surface area contributed by atoms with Gasteiger partial charge >= 0.3 is 0 Å². The maximum atomic E-state index is 13.3. The summed E-state index contributed by atoms with van der Waals surface area (Å²) in [6, 6.07) is 16.3. The van der Waals surface area contributed by atoms with E-state index >= 15 is 0 Å². The third-order valence-electron chi connectivity index (χ3n) is 5.66. The van der Waals surface area contributed by atoms with Crippen molar-refractivity contribution in [1.82, 2.24) is 4.98 Å². The van der Waals surface area contributed by atoms with Gasteiger partial charge in [0.1, 0.15) is 5.78 Å². The van der Waals surface area contributed by atoms with E-state index in [0.29, 0.717) is 6.42 Å². The predicted molar refractivity (Wildman–Crippen MR) is 110 cm³/mol. The van der Waals surface area contributed by atoms with Crippen LogP contribution in [-0.4, -0.2) is 10.8 Å². The molecule has 0 unspecified atom stereocenters. The number of allylic oxidation sites excluding steroid dienone is 1. The van der Waals surface area contributed by atoms with Gasteiger partial charge in [-0.2, -0.15) is 0 Å². The fourth-order valence-electron chi connectivity index (χ4n) is 4.51. The number of aromatic nitrogens is 1. The number of fused-ring (bicyclic) bond motifs is 3. The molecule has 0 amide bonds. The number of Topliss-reactive ketones (excluding diaryl/α,β-unsaturated/α-hetero) is 1. The summed E-state index contributed by atoms with van der Waals surface area (Å²) in [4.78, 5) is 16.6. The molecule has 0 saturated carbocycles. The lowest BCUT2D eigenvalue weighted by Crippen LogP contribution is -2.36. The zero-order valence-corrected chi connectivity index (χ0v) is 15.5. The van der Waals surface area contributed by atoms with E-state index in [1.807, 2.05) is 30.5 Å². The summed E-state index contributed by atoms with van der Waals surface area (Å²) in [6.07, 6.45) is 4.84. The molecular formula is C23H23N3O. The van der Waals surface area contributed by atoms with E-state index in [0.717, 1.165) is 33.5 Å². The molecule has 4 nitrogen and oxygen atoms in total. The van der Waals surface area contributed by atoms with Crippen LogP contribution in [0.25, 0.3) is 10.9 Å². The van der Waals surface area contributed by atoms with Crippen molar-refractivity contribution in [3.63, 3.8) is 0 Å². The zero-order valence-electron chi connectivity index (χ0n) is 15.5. The van der Waals surface area contributed by atoms with Gasteiger partial charge in [-0.25, -0.2) is 0 Å². The normalized spacial score (nSPS) is 23.5. The maximum absolute atomic E-state index is 13.3. The molecule has 136 valence electrons. The Morgan fingerprint density at radius 3 is 2.59 bits per heavy atom. The van der Waals surface area contributed by atoms with E-state index in [4.69, 9.17) is 0 Å². The number of para-hydroxylation sites is 3. The van der Waals surface area contributed by atoms with Crippen molar-refractivity contribution in [2.75, 3.05) is 10.6 Å². The van der Waals surface area contributed by atoms with Gasteiger partial charge in [0.2, 0.25) is 0 Å². The number of H-pyrrole nitrogens is 1. The summed E-state index contributed by atoms with van der Waals surface area (Å²) in [7, 11) is 0. The minimum atomic E-state index is -0.232. The summed E-state index contributed by atoms with van der Waals surface area (Å²) >= 11 is 0. The maximum Gasteiger partial charge on any atom is 0.145 e. The Morgan fingerprint density at radius 2 is 1.74 bits per heavy atom. The Hall–Kier alpha value is -3.01. The van der Waals surface area contributed by atoms with Crippen molar-refractivity contribution in [2.45, 2.75) is 26.3 Å². The number of nitrogens with one attached hydrogen (secondary N) is 3. The number of rotatable bonds is 1. The Bertz CT molecular complexity index is 1080. The van der Waals surface area contributed by atoms with Crippen LogP contribution in [0.1, 0.15) is 31.9 Å². The standard InChI is InChI=1S/C23H23N3O/c1-23(2)11-19-21(20(27)12-23)22(26-18-10-6-5-9-17(18)25-19)15-13-24-16-8-4-3-7-14(15)16/h3-11,13,21-22,24-26H,12H2,1-2H3/t21-,22+/m0/s1. The first-order valence-electron chi connectivity index (χ1n) is 9.46. The second-order valence-corrected chi connectivity index (χ2v) is 8.29. The summed E-state index contributed by atoms with van der Waals surface area (Å²) in [6.45, 7) is 4.25. The molecule has 1 aliphatic carbocycles. The Kier molecular flexibility index (Phi) is 3.44. The predicted octanol–water partition coefficient (Wildman–Crippen LogP) is 5.25. The molecule has 0 fully saturated rings. The van der Waals surface area contributed by atoms with Crippen molar-refractivity contribution < 1.29 is 4.79 Å². The molecule has 2 atom stereocenters. The van der Waals surface area contributed by atoms with Gasteiger partial charge in [-0.05, 0) is 23.6 Å². The van der Waals surface area contributed by atoms with Crippen molar-refractivity contribution >= 4 is 28.1 Å². The SMILES string of the molecule is CC1(C)C=C2Nc3ccccc3N[C@H](c3c[nH]c4ccccc34)[C@@H]2C(=O)C1. The third-order valence-corrected chi connectivity index (χ3v) is 5.66. The molecule has 1 aliphatic heterocycles. The van der Waals surface area contributed by atoms with Crippen LogP contribution in [0.15, 0.2) is 66.5 Å². The summed E-state index contributed by atoms with van der Waals surface area (Å²) in [5.74, 6) is 0.0465. The monoisotopic (exact) mass is 357 g/mol. The summed E-state index contributed by atoms with van der Waals surface area (Å²) in [5, 5.41) is 8.38. The molecule has 0 saturated heterocycles. The average Bonchev–Trinajstić information content (AvgIpc) is 2.97. The van der Waals surface area contributed by atoms with Gasteiger partial charge < -0.3 is 15.6 Å². The first kappa shape index (κ1) is 16.2. The van der Waals surface area contributed by atoms with E-state index in [-0.39, 0.29) is 23.2 Å². The highest BCUT2D eigenvalue weighted by Crippen LogP contribution is 2.46. The lowest BCUT2D eigenvalue weighted by Gasteiger charge is -2.35. The molecule has 0 radical (unpaired) electrons. The Balaban J connectivity index is 1.72. The molecule has 5 rings (SSSR count). The van der Waals surface area contributed by atoms with Crippen LogP contribution >= 0.6 is 0 Å². The lowest BCUT2D eigenvalue weighted by molar-refractivity contribution is -0.124. The molecule has 0 spiro atoms. The highest BCUT2D eigenvalue weighted by molar-refractivity contribution is 5.92. The van der Waals surface area contributed by atoms with Gasteiger partial charge in [-0.15, -0.1) is 0 Å². The van der Waals surface area contributed by atoms with Gasteiger partial charge in [-0.3, -0.25) is 4.79 Å². The van der Waals surface area contributed by atoms with Gasteiger partial charge in [0, 0.05) is 34.8 Å². The van der Waals surface area contributed by atoms with Gasteiger partial charge in [-0.1, -0.05) is 50.3 Å². The molecular weight excluding hydrogens is 334 g/mol. The van der Waals surface area contributed by atoms with E-state index in [9.17, 15) is 4.79 Å². The average molecular weight is 357 g/mol. The van der Waals surface area contributed by atoms with E-state index in [1.54, 1.807) is 0 Å². The second-order valence-electron chi connectivity index (χ2n) is 8.29.